The second-order valence-electron chi connectivity index (χ2n) is 5.46. The van der Waals surface area contributed by atoms with Crippen molar-refractivity contribution in [2.75, 3.05) is 5.32 Å². The number of hydrogen-bond donors (Lipinski definition) is 2. The van der Waals surface area contributed by atoms with Gasteiger partial charge in [0.05, 0.1) is 0 Å². The highest BCUT2D eigenvalue weighted by atomic mass is 79.9. The number of thiazole rings is 1. The molecule has 0 saturated heterocycles. The average molecular weight is 419 g/mol. The molecule has 3 N–H and O–H groups in total. The molecule has 0 bridgehead atoms. The number of nitrogens with zero attached hydrogens (tertiary/aromatic N) is 1. The summed E-state index contributed by atoms with van der Waals surface area (Å²) in [6.07, 6.45) is 3.76. The van der Waals surface area contributed by atoms with Crippen LogP contribution in [0.3, 0.4) is 0 Å². The lowest BCUT2D eigenvalue weighted by Gasteiger charge is -2.04. The highest BCUT2D eigenvalue weighted by molar-refractivity contribution is 9.10. The Hall–Kier alpha value is -0.950. The molecule has 1 aromatic heterocycles. The van der Waals surface area contributed by atoms with E-state index in [4.69, 9.17) is 5.73 Å². The number of nitrogens with one attached hydrogen (secondary N) is 1. The summed E-state index contributed by atoms with van der Waals surface area (Å²) in [6, 6.07) is 6.35. The summed E-state index contributed by atoms with van der Waals surface area (Å²) in [6.45, 7) is 3.97. The minimum Gasteiger partial charge on any atom is -0.328 e. The first-order chi connectivity index (χ1) is 10.4. The Morgan fingerprint density at radius 2 is 2.22 bits per heavy atom. The van der Waals surface area contributed by atoms with Crippen molar-refractivity contribution in [3.05, 3.63) is 44.9 Å². The van der Waals surface area contributed by atoms with Gasteiger partial charge in [-0.3, -0.25) is 4.79 Å². The molecular formula is C16H21BrClN3OS. The largest absolute Gasteiger partial charge is 0.328 e. The standard InChI is InChI=1S/C16H20BrN3OS.ClH/c1-10-7-12(4-5-14(10)17)8-13-9-19-16(22-13)20-15(21)6-3-11(2)18;/h4-5,7,9,11H,3,6,8,18H2,1-2H3,(H,19,20,21);1H. The van der Waals surface area contributed by atoms with Crippen LogP contribution in [0.15, 0.2) is 28.9 Å². The molecule has 0 radical (unpaired) electrons. The highest BCUT2D eigenvalue weighted by Crippen LogP contribution is 2.23. The average Bonchev–Trinajstić information content (AvgIpc) is 2.88. The third kappa shape index (κ3) is 6.59. The van der Waals surface area contributed by atoms with E-state index in [1.165, 1.54) is 22.5 Å². The number of halogens is 2. The first kappa shape index (κ1) is 20.1. The number of amides is 1. The maximum atomic E-state index is 11.8. The minimum atomic E-state index is -0.0299. The number of rotatable bonds is 6. The van der Waals surface area contributed by atoms with Crippen molar-refractivity contribution in [3.63, 3.8) is 0 Å². The second kappa shape index (κ2) is 9.37. The third-order valence-corrected chi connectivity index (χ3v) is 5.03. The van der Waals surface area contributed by atoms with Gasteiger partial charge in [-0.25, -0.2) is 4.98 Å². The molecule has 2 rings (SSSR count). The molecule has 4 nitrogen and oxygen atoms in total. The van der Waals surface area contributed by atoms with Gasteiger partial charge in [-0.05, 0) is 37.5 Å². The van der Waals surface area contributed by atoms with Crippen LogP contribution >= 0.6 is 39.7 Å². The maximum Gasteiger partial charge on any atom is 0.226 e. The Labute approximate surface area is 155 Å². The van der Waals surface area contributed by atoms with Crippen LogP contribution in [0.1, 0.15) is 35.8 Å². The number of aromatic nitrogens is 1. The summed E-state index contributed by atoms with van der Waals surface area (Å²) in [5, 5.41) is 3.48. The summed E-state index contributed by atoms with van der Waals surface area (Å²) >= 11 is 5.02. The third-order valence-electron chi connectivity index (χ3n) is 3.23. The molecule has 0 aliphatic heterocycles. The van der Waals surface area contributed by atoms with Gasteiger partial charge in [0.2, 0.25) is 5.91 Å². The van der Waals surface area contributed by atoms with Crippen LogP contribution in [0.5, 0.6) is 0 Å². The van der Waals surface area contributed by atoms with Crippen LogP contribution in [0.25, 0.3) is 0 Å². The van der Waals surface area contributed by atoms with Gasteiger partial charge in [0.15, 0.2) is 5.13 Å². The van der Waals surface area contributed by atoms with Crippen LogP contribution in [-0.2, 0) is 11.2 Å². The first-order valence-electron chi connectivity index (χ1n) is 7.19. The number of hydrogen-bond acceptors (Lipinski definition) is 4. The molecule has 1 aromatic carbocycles. The number of nitrogens with two attached hydrogens (primary N) is 1. The van der Waals surface area contributed by atoms with Crippen molar-refractivity contribution in [2.24, 2.45) is 5.73 Å². The summed E-state index contributed by atoms with van der Waals surface area (Å²) in [5.74, 6) is -0.0299. The van der Waals surface area contributed by atoms with Crippen molar-refractivity contribution in [3.8, 4) is 0 Å². The van der Waals surface area contributed by atoms with Gasteiger partial charge in [0.25, 0.3) is 0 Å². The predicted octanol–water partition coefficient (Wildman–Crippen LogP) is 4.29. The van der Waals surface area contributed by atoms with Crippen molar-refractivity contribution < 1.29 is 4.79 Å². The molecule has 1 amide bonds. The monoisotopic (exact) mass is 417 g/mol. The number of carbonyl (C=O) groups excluding carboxylic acids is 1. The molecule has 1 atom stereocenters. The van der Waals surface area contributed by atoms with Crippen LogP contribution < -0.4 is 11.1 Å². The van der Waals surface area contributed by atoms with Crippen molar-refractivity contribution in [2.45, 2.75) is 39.2 Å². The number of benzene rings is 1. The minimum absolute atomic E-state index is 0. The summed E-state index contributed by atoms with van der Waals surface area (Å²) < 4.78 is 1.11. The van der Waals surface area contributed by atoms with Crippen molar-refractivity contribution in [1.82, 2.24) is 4.98 Å². The van der Waals surface area contributed by atoms with Crippen LogP contribution in [0.4, 0.5) is 5.13 Å². The number of carbonyl (C=O) groups is 1. The van der Waals surface area contributed by atoms with Crippen LogP contribution in [0.2, 0.25) is 0 Å². The maximum absolute atomic E-state index is 11.8. The molecule has 2 aromatic rings. The van der Waals surface area contributed by atoms with E-state index in [0.717, 1.165) is 15.8 Å². The first-order valence-corrected chi connectivity index (χ1v) is 8.80. The van der Waals surface area contributed by atoms with Gasteiger partial charge in [0, 0.05) is 34.4 Å². The lowest BCUT2D eigenvalue weighted by molar-refractivity contribution is -0.116. The summed E-state index contributed by atoms with van der Waals surface area (Å²) in [4.78, 5) is 17.2. The molecule has 0 saturated carbocycles. The van der Waals surface area contributed by atoms with E-state index in [0.29, 0.717) is 18.0 Å². The Kier molecular flexibility index (Phi) is 8.19. The second-order valence-corrected chi connectivity index (χ2v) is 7.43. The molecule has 126 valence electrons. The van der Waals surface area contributed by atoms with Gasteiger partial charge in [0.1, 0.15) is 0 Å². The molecule has 1 heterocycles. The van der Waals surface area contributed by atoms with E-state index in [9.17, 15) is 4.79 Å². The molecule has 1 unspecified atom stereocenters. The number of anilines is 1. The van der Waals surface area contributed by atoms with Crippen LogP contribution in [-0.4, -0.2) is 16.9 Å². The van der Waals surface area contributed by atoms with E-state index in [-0.39, 0.29) is 24.4 Å². The van der Waals surface area contributed by atoms with Crippen molar-refractivity contribution >= 4 is 50.7 Å². The Morgan fingerprint density at radius 1 is 1.48 bits per heavy atom. The Morgan fingerprint density at radius 3 is 2.87 bits per heavy atom. The Balaban J connectivity index is 0.00000264. The molecular weight excluding hydrogens is 398 g/mol. The van der Waals surface area contributed by atoms with Crippen molar-refractivity contribution in [1.29, 1.82) is 0 Å². The zero-order valence-electron chi connectivity index (χ0n) is 13.1. The number of aryl methyl sites for hydroxylation is 1. The van der Waals surface area contributed by atoms with Crippen LogP contribution in [0, 0.1) is 6.92 Å². The molecule has 0 fully saturated rings. The smallest absolute Gasteiger partial charge is 0.226 e. The topological polar surface area (TPSA) is 68.0 Å². The van der Waals surface area contributed by atoms with Gasteiger partial charge < -0.3 is 11.1 Å². The van der Waals surface area contributed by atoms with Gasteiger partial charge in [-0.15, -0.1) is 23.7 Å². The fourth-order valence-corrected chi connectivity index (χ4v) is 3.11. The van der Waals surface area contributed by atoms with Gasteiger partial charge >= 0.3 is 0 Å². The normalized spacial score (nSPS) is 11.7. The van der Waals surface area contributed by atoms with E-state index in [1.807, 2.05) is 13.1 Å². The molecule has 0 spiro atoms. The summed E-state index contributed by atoms with van der Waals surface area (Å²) in [7, 11) is 0. The molecule has 0 aliphatic rings. The lowest BCUT2D eigenvalue weighted by Crippen LogP contribution is -2.19. The molecule has 7 heteroatoms. The fourth-order valence-electron chi connectivity index (χ4n) is 2.01. The van der Waals surface area contributed by atoms with Gasteiger partial charge in [-0.2, -0.15) is 0 Å². The lowest BCUT2D eigenvalue weighted by atomic mass is 10.1. The Bertz CT molecular complexity index is 661. The van der Waals surface area contributed by atoms with E-state index >= 15 is 0 Å². The van der Waals surface area contributed by atoms with E-state index in [1.54, 1.807) is 0 Å². The molecule has 23 heavy (non-hydrogen) atoms. The SMILES string of the molecule is Cc1cc(Cc2cnc(NC(=O)CCC(C)N)s2)ccc1Br.Cl. The fraction of sp³-hybridized carbons (Fsp3) is 0.375. The zero-order valence-corrected chi connectivity index (χ0v) is 16.4. The van der Waals surface area contributed by atoms with E-state index in [2.05, 4.69) is 51.4 Å². The highest BCUT2D eigenvalue weighted by Gasteiger charge is 2.08. The zero-order chi connectivity index (χ0) is 16.1. The predicted molar refractivity (Wildman–Crippen MR) is 103 cm³/mol. The quantitative estimate of drug-likeness (QED) is 0.735. The van der Waals surface area contributed by atoms with Gasteiger partial charge in [-0.1, -0.05) is 28.1 Å². The molecule has 0 aliphatic carbocycles. The van der Waals surface area contributed by atoms with E-state index < -0.39 is 0 Å². The summed E-state index contributed by atoms with van der Waals surface area (Å²) in [5.41, 5.74) is 8.10.